The van der Waals surface area contributed by atoms with Crippen LogP contribution in [0.5, 0.6) is 11.5 Å². The van der Waals surface area contributed by atoms with E-state index in [-0.39, 0.29) is 57.6 Å². The zero-order valence-electron chi connectivity index (χ0n) is 27.6. The Balaban J connectivity index is 1.16. The number of nitrogens with zero attached hydrogens (tertiary/aromatic N) is 1. The highest BCUT2D eigenvalue weighted by Gasteiger charge is 2.70. The van der Waals surface area contributed by atoms with Gasteiger partial charge in [-0.25, -0.2) is 4.79 Å². The van der Waals surface area contributed by atoms with Gasteiger partial charge in [-0.15, -0.1) is 11.8 Å². The van der Waals surface area contributed by atoms with Gasteiger partial charge in [0.25, 0.3) is 5.91 Å². The molecule has 3 N–H and O–H groups in total. The van der Waals surface area contributed by atoms with Crippen LogP contribution < -0.4 is 19.7 Å². The predicted octanol–water partition coefficient (Wildman–Crippen LogP) is 5.45. The molecular weight excluding hydrogens is 712 g/mol. The number of amides is 3. The third-order valence-corrected chi connectivity index (χ3v) is 13.0. The molecule has 51 heavy (non-hydrogen) atoms. The van der Waals surface area contributed by atoms with Gasteiger partial charge in [-0.2, -0.15) is 13.2 Å². The van der Waals surface area contributed by atoms with Gasteiger partial charge < -0.3 is 24.9 Å². The largest absolute Gasteiger partial charge is 0.493 e. The normalized spacial score (nSPS) is 26.9. The maximum absolute atomic E-state index is 14.0. The Morgan fingerprint density at radius 3 is 2.43 bits per heavy atom. The summed E-state index contributed by atoms with van der Waals surface area (Å²) in [7, 11) is 1.40. The molecule has 1 saturated heterocycles. The zero-order chi connectivity index (χ0) is 36.5. The van der Waals surface area contributed by atoms with E-state index in [4.69, 9.17) is 9.47 Å². The number of thioether (sulfide) groups is 1. The van der Waals surface area contributed by atoms with Gasteiger partial charge in [-0.1, -0.05) is 43.4 Å². The summed E-state index contributed by atoms with van der Waals surface area (Å²) in [5, 5.41) is 12.8. The van der Waals surface area contributed by atoms with Crippen LogP contribution in [0.3, 0.4) is 0 Å². The summed E-state index contributed by atoms with van der Waals surface area (Å²) in [5.41, 5.74) is -0.643. The molecule has 4 aliphatic rings. The first-order valence-electron chi connectivity index (χ1n) is 16.5. The number of thiazole rings is 1. The standard InChI is InChI=1S/C35H34F3N3O8S2/c1-14(2)10-20(33(45)46)41-31(43)26-16-12-17(27(26)32(41)44)28-25(16)24(29-30(50-28)40-34(47)51-29)15-8-9-21(22(11-15)48-3)49-13-23(42)39-19-7-5-4-6-18(19)35(36,37)38/h4-9,11,14,16-17,20,24-28H,10,12-13H2,1-3H3,(H,39,42)(H,40,47)(H,45,46)/t16?,17?,20?,24-,25?,26?,27?,28?/m1/s1. The molecule has 8 atom stereocenters. The SMILES string of the molecule is COc1cc([C@H]2c3sc(=O)[nH]c3SC3C4CC(C5C(=O)N(C(CC(C)C)C(=O)O)C(=O)C45)C32)ccc1OCC(=O)Nc1ccccc1C(F)(F)F. The number of nitrogens with one attached hydrogen (secondary N) is 2. The lowest BCUT2D eigenvalue weighted by molar-refractivity contribution is -0.156. The fourth-order valence-electron chi connectivity index (χ4n) is 8.65. The summed E-state index contributed by atoms with van der Waals surface area (Å²) in [4.78, 5) is 69.9. The van der Waals surface area contributed by atoms with Crippen molar-refractivity contribution in [2.24, 2.45) is 35.5 Å². The predicted molar refractivity (Wildman–Crippen MR) is 180 cm³/mol. The van der Waals surface area contributed by atoms with Crippen molar-refractivity contribution in [3.05, 3.63) is 68.1 Å². The summed E-state index contributed by atoms with van der Waals surface area (Å²) in [6.07, 6.45) is -3.89. The van der Waals surface area contributed by atoms with Crippen LogP contribution in [0.1, 0.15) is 48.6 Å². The fraction of sp³-hybridized carbons (Fsp3) is 0.457. The van der Waals surface area contributed by atoms with Gasteiger partial charge in [-0.05, 0) is 66.3 Å². The molecule has 0 spiro atoms. The number of alkyl halides is 3. The second kappa shape index (κ2) is 13.0. The van der Waals surface area contributed by atoms with E-state index in [0.29, 0.717) is 11.4 Å². The molecule has 7 rings (SSSR count). The van der Waals surface area contributed by atoms with Crippen molar-refractivity contribution in [2.75, 3.05) is 19.0 Å². The minimum absolute atomic E-state index is 0.0541. The number of halogens is 3. The van der Waals surface area contributed by atoms with E-state index in [1.807, 2.05) is 13.8 Å². The number of carboxylic acid groups (broad SMARTS) is 1. The van der Waals surface area contributed by atoms with Gasteiger partial charge in [0.05, 0.1) is 35.2 Å². The van der Waals surface area contributed by atoms with E-state index in [9.17, 15) is 42.3 Å². The van der Waals surface area contributed by atoms with E-state index < -0.39 is 65.6 Å². The maximum atomic E-state index is 14.0. The van der Waals surface area contributed by atoms with Crippen LogP contribution in [-0.2, 0) is 25.4 Å². The van der Waals surface area contributed by atoms with Crippen LogP contribution >= 0.6 is 23.1 Å². The number of rotatable bonds is 10. The summed E-state index contributed by atoms with van der Waals surface area (Å²) in [6, 6.07) is 8.45. The smallest absolute Gasteiger partial charge is 0.418 e. The topological polar surface area (TPSA) is 155 Å². The number of ether oxygens (including phenoxy) is 2. The minimum Gasteiger partial charge on any atom is -0.493 e. The Labute approximate surface area is 297 Å². The number of anilines is 1. The highest BCUT2D eigenvalue weighted by atomic mass is 32.2. The van der Waals surface area contributed by atoms with E-state index >= 15 is 0 Å². The Kier molecular flexibility index (Phi) is 8.97. The lowest BCUT2D eigenvalue weighted by atomic mass is 9.68. The number of likely N-dealkylation sites (tertiary alicyclic amines) is 1. The fourth-order valence-corrected chi connectivity index (χ4v) is 11.5. The van der Waals surface area contributed by atoms with E-state index in [1.54, 1.807) is 18.2 Å². The molecule has 3 aromatic rings. The molecule has 2 aliphatic heterocycles. The molecule has 1 aromatic heterocycles. The van der Waals surface area contributed by atoms with E-state index in [2.05, 4.69) is 10.3 Å². The van der Waals surface area contributed by atoms with Crippen molar-refractivity contribution >= 4 is 52.5 Å². The van der Waals surface area contributed by atoms with Gasteiger partial charge in [0, 0.05) is 16.0 Å². The van der Waals surface area contributed by atoms with Crippen molar-refractivity contribution in [3.63, 3.8) is 0 Å². The third-order valence-electron chi connectivity index (χ3n) is 10.5. The number of aliphatic carboxylic acids is 1. The van der Waals surface area contributed by atoms with Crippen LogP contribution in [0.2, 0.25) is 0 Å². The van der Waals surface area contributed by atoms with Gasteiger partial charge in [0.15, 0.2) is 18.1 Å². The number of methoxy groups -OCH3 is 1. The van der Waals surface area contributed by atoms with Gasteiger partial charge >= 0.3 is 17.0 Å². The Hall–Kier alpha value is -4.31. The number of carbonyl (C=O) groups excluding carboxylic acids is 3. The average molecular weight is 746 g/mol. The highest BCUT2D eigenvalue weighted by molar-refractivity contribution is 8.00. The lowest BCUT2D eigenvalue weighted by Gasteiger charge is -2.43. The van der Waals surface area contributed by atoms with Gasteiger partial charge in [-0.3, -0.25) is 24.1 Å². The number of carboxylic acids is 1. The molecule has 0 radical (unpaired) electrons. The molecule has 3 amide bonds. The second-order valence-electron chi connectivity index (χ2n) is 13.8. The molecule has 2 bridgehead atoms. The van der Waals surface area contributed by atoms with Crippen molar-refractivity contribution < 1.29 is 46.9 Å². The minimum atomic E-state index is -4.66. The van der Waals surface area contributed by atoms with Crippen molar-refractivity contribution in [1.82, 2.24) is 9.88 Å². The van der Waals surface area contributed by atoms with Crippen molar-refractivity contribution in [2.45, 2.75) is 55.1 Å². The highest BCUT2D eigenvalue weighted by Crippen LogP contribution is 2.68. The number of benzene rings is 2. The summed E-state index contributed by atoms with van der Waals surface area (Å²) in [5.74, 6) is -4.82. The zero-order valence-corrected chi connectivity index (χ0v) is 29.2. The average Bonchev–Trinajstić information content (AvgIpc) is 3.81. The molecule has 16 heteroatoms. The molecule has 7 unspecified atom stereocenters. The molecule has 2 aromatic carbocycles. The Bertz CT molecular complexity index is 1980. The number of aromatic nitrogens is 1. The van der Waals surface area contributed by atoms with Crippen LogP contribution in [-0.4, -0.2) is 63.7 Å². The number of imide groups is 1. The van der Waals surface area contributed by atoms with Crippen molar-refractivity contribution in [1.29, 1.82) is 0 Å². The molecule has 270 valence electrons. The molecular formula is C35H34F3N3O8S2. The first-order chi connectivity index (χ1) is 24.2. The quantitative estimate of drug-likeness (QED) is 0.230. The summed E-state index contributed by atoms with van der Waals surface area (Å²) < 4.78 is 51.5. The number of carbonyl (C=O) groups is 4. The molecule has 11 nitrogen and oxygen atoms in total. The van der Waals surface area contributed by atoms with Gasteiger partial charge in [0.2, 0.25) is 11.8 Å². The molecule has 3 heterocycles. The third kappa shape index (κ3) is 5.99. The van der Waals surface area contributed by atoms with Crippen molar-refractivity contribution in [3.8, 4) is 11.5 Å². The molecule has 3 fully saturated rings. The molecule has 2 aliphatic carbocycles. The van der Waals surface area contributed by atoms with Gasteiger partial charge in [0.1, 0.15) is 6.04 Å². The Morgan fingerprint density at radius 1 is 1.06 bits per heavy atom. The number of H-pyrrole nitrogens is 1. The number of fused-ring (bicyclic) bond motifs is 9. The van der Waals surface area contributed by atoms with E-state index in [0.717, 1.165) is 38.8 Å². The lowest BCUT2D eigenvalue weighted by Crippen LogP contribution is -2.47. The number of hydrogen-bond donors (Lipinski definition) is 3. The van der Waals surface area contributed by atoms with Crippen LogP contribution in [0.15, 0.2) is 52.3 Å². The van der Waals surface area contributed by atoms with Crippen LogP contribution in [0.4, 0.5) is 18.9 Å². The molecule has 2 saturated carbocycles. The first kappa shape index (κ1) is 35.1. The first-order valence-corrected chi connectivity index (χ1v) is 18.1. The maximum Gasteiger partial charge on any atom is 0.418 e. The van der Waals surface area contributed by atoms with Crippen LogP contribution in [0, 0.1) is 35.5 Å². The summed E-state index contributed by atoms with van der Waals surface area (Å²) >= 11 is 2.57. The van der Waals surface area contributed by atoms with E-state index in [1.165, 1.54) is 31.0 Å². The number of aromatic amines is 1. The van der Waals surface area contributed by atoms with Crippen LogP contribution in [0.25, 0.3) is 0 Å². The summed E-state index contributed by atoms with van der Waals surface area (Å²) in [6.45, 7) is 3.08. The Morgan fingerprint density at radius 2 is 1.76 bits per heavy atom. The number of para-hydroxylation sites is 1. The monoisotopic (exact) mass is 745 g/mol. The second-order valence-corrected chi connectivity index (χ2v) is 16.0. The number of hydrogen-bond acceptors (Lipinski definition) is 9.